The molecule has 1 amide bonds. The summed E-state index contributed by atoms with van der Waals surface area (Å²) >= 11 is 6.13. The van der Waals surface area contributed by atoms with Crippen LogP contribution >= 0.6 is 11.6 Å². The number of nitrogens with zero attached hydrogens (tertiary/aromatic N) is 3. The summed E-state index contributed by atoms with van der Waals surface area (Å²) in [7, 11) is 0. The molecule has 2 saturated heterocycles. The van der Waals surface area contributed by atoms with Gasteiger partial charge in [0, 0.05) is 50.9 Å². The van der Waals surface area contributed by atoms with Crippen LogP contribution in [0.15, 0.2) is 12.1 Å². The van der Waals surface area contributed by atoms with Crippen LogP contribution in [0.5, 0.6) is 0 Å². The minimum atomic E-state index is -0.118. The van der Waals surface area contributed by atoms with Crippen LogP contribution in [0.25, 0.3) is 0 Å². The van der Waals surface area contributed by atoms with E-state index >= 15 is 0 Å². The van der Waals surface area contributed by atoms with Gasteiger partial charge >= 0.3 is 0 Å². The molecule has 3 rings (SSSR count). The predicted octanol–water partition coefficient (Wildman–Crippen LogP) is 0.725. The molecule has 1 aromatic rings. The smallest absolute Gasteiger partial charge is 0.251 e. The van der Waals surface area contributed by atoms with Crippen LogP contribution in [0, 0.1) is 0 Å². The summed E-state index contributed by atoms with van der Waals surface area (Å²) in [5, 5.41) is 3.30. The number of carbonyl (C=O) groups excluding carboxylic acids is 1. The average Bonchev–Trinajstić information content (AvgIpc) is 2.62. The highest BCUT2D eigenvalue weighted by molar-refractivity contribution is 6.29. The number of piperidine rings is 1. The second-order valence-electron chi connectivity index (χ2n) is 6.57. The fourth-order valence-electron chi connectivity index (χ4n) is 3.16. The van der Waals surface area contributed by atoms with E-state index in [1.807, 2.05) is 6.07 Å². The minimum absolute atomic E-state index is 0.118. The molecule has 0 unspecified atom stereocenters. The fraction of sp³-hybridized carbons (Fsp3) is 0.647. The highest BCUT2D eigenvalue weighted by Gasteiger charge is 2.19. The number of halogens is 1. The van der Waals surface area contributed by atoms with Gasteiger partial charge in [0.25, 0.3) is 5.91 Å². The molecule has 0 spiro atoms. The first-order valence-corrected chi connectivity index (χ1v) is 9.26. The Morgan fingerprint density at radius 1 is 1.28 bits per heavy atom. The maximum Gasteiger partial charge on any atom is 0.251 e. The molecule has 0 atom stereocenters. The van der Waals surface area contributed by atoms with E-state index in [2.05, 4.69) is 20.1 Å². The van der Waals surface area contributed by atoms with Gasteiger partial charge in [0.1, 0.15) is 11.0 Å². The lowest BCUT2D eigenvalue weighted by molar-refractivity contribution is 0.0383. The number of pyridine rings is 1. The lowest BCUT2D eigenvalue weighted by Crippen LogP contribution is -2.41. The van der Waals surface area contributed by atoms with Gasteiger partial charge in [-0.1, -0.05) is 11.6 Å². The summed E-state index contributed by atoms with van der Waals surface area (Å²) in [6.45, 7) is 6.46. The Kier molecular flexibility index (Phi) is 6.47. The van der Waals surface area contributed by atoms with Gasteiger partial charge in [-0.15, -0.1) is 0 Å². The van der Waals surface area contributed by atoms with Crippen molar-refractivity contribution in [2.24, 2.45) is 5.73 Å². The first-order valence-electron chi connectivity index (χ1n) is 8.88. The van der Waals surface area contributed by atoms with Crippen LogP contribution in [0.4, 0.5) is 5.82 Å². The molecule has 25 heavy (non-hydrogen) atoms. The minimum Gasteiger partial charge on any atom is -0.379 e. The Balaban J connectivity index is 1.56. The first kappa shape index (κ1) is 18.4. The third kappa shape index (κ3) is 5.28. The summed E-state index contributed by atoms with van der Waals surface area (Å²) in [4.78, 5) is 21.2. The SMILES string of the molecule is NC1CCN(c2cc(C(=O)NCCN3CCOCC3)cc(Cl)n2)CC1. The standard InChI is InChI=1S/C17H26ClN5O2/c18-15-11-13(12-16(21-15)23-4-1-14(19)2-5-23)17(24)20-3-6-22-7-9-25-10-8-22/h11-12,14H,1-10,19H2,(H,20,24). The summed E-state index contributed by atoms with van der Waals surface area (Å²) < 4.78 is 5.32. The Bertz CT molecular complexity index is 586. The quantitative estimate of drug-likeness (QED) is 0.746. The van der Waals surface area contributed by atoms with Gasteiger partial charge in [0.05, 0.1) is 13.2 Å². The van der Waals surface area contributed by atoms with E-state index in [-0.39, 0.29) is 11.9 Å². The summed E-state index contributed by atoms with van der Waals surface area (Å²) in [6.07, 6.45) is 1.85. The molecule has 3 heterocycles. The van der Waals surface area contributed by atoms with E-state index in [0.29, 0.717) is 17.3 Å². The van der Waals surface area contributed by atoms with E-state index in [1.165, 1.54) is 0 Å². The van der Waals surface area contributed by atoms with Crippen LogP contribution in [-0.2, 0) is 4.74 Å². The number of rotatable bonds is 5. The zero-order chi connectivity index (χ0) is 17.6. The molecule has 0 aromatic carbocycles. The fourth-order valence-corrected chi connectivity index (χ4v) is 3.36. The first-order chi connectivity index (χ1) is 12.1. The zero-order valence-electron chi connectivity index (χ0n) is 14.4. The summed E-state index contributed by atoms with van der Waals surface area (Å²) in [6, 6.07) is 3.68. The van der Waals surface area contributed by atoms with Crippen molar-refractivity contribution in [1.29, 1.82) is 0 Å². The predicted molar refractivity (Wildman–Crippen MR) is 98.3 cm³/mol. The number of aromatic nitrogens is 1. The van der Waals surface area contributed by atoms with Gasteiger partial charge in [0.15, 0.2) is 0 Å². The van der Waals surface area contributed by atoms with E-state index in [9.17, 15) is 4.79 Å². The third-order valence-electron chi connectivity index (χ3n) is 4.72. The van der Waals surface area contributed by atoms with Gasteiger partial charge in [-0.2, -0.15) is 0 Å². The van der Waals surface area contributed by atoms with Gasteiger partial charge in [-0.3, -0.25) is 9.69 Å². The van der Waals surface area contributed by atoms with E-state index in [1.54, 1.807) is 6.07 Å². The Morgan fingerprint density at radius 2 is 2.00 bits per heavy atom. The van der Waals surface area contributed by atoms with Crippen LogP contribution in [0.1, 0.15) is 23.2 Å². The third-order valence-corrected chi connectivity index (χ3v) is 4.92. The van der Waals surface area contributed by atoms with Crippen molar-refractivity contribution in [3.63, 3.8) is 0 Å². The maximum absolute atomic E-state index is 12.4. The molecule has 2 aliphatic heterocycles. The molecular weight excluding hydrogens is 342 g/mol. The number of ether oxygens (including phenoxy) is 1. The van der Waals surface area contributed by atoms with Crippen molar-refractivity contribution in [3.8, 4) is 0 Å². The highest BCUT2D eigenvalue weighted by atomic mass is 35.5. The number of hydrogen-bond donors (Lipinski definition) is 2. The molecule has 8 heteroatoms. The molecule has 2 fully saturated rings. The largest absolute Gasteiger partial charge is 0.379 e. The zero-order valence-corrected chi connectivity index (χ0v) is 15.2. The molecule has 0 saturated carbocycles. The number of amides is 1. The highest BCUT2D eigenvalue weighted by Crippen LogP contribution is 2.21. The van der Waals surface area contributed by atoms with Gasteiger partial charge in [-0.05, 0) is 25.0 Å². The van der Waals surface area contributed by atoms with E-state index < -0.39 is 0 Å². The average molecular weight is 368 g/mol. The summed E-state index contributed by atoms with van der Waals surface area (Å²) in [5.74, 6) is 0.630. The number of anilines is 1. The molecule has 3 N–H and O–H groups in total. The molecule has 138 valence electrons. The lowest BCUT2D eigenvalue weighted by Gasteiger charge is -2.31. The Labute approximate surface area is 153 Å². The Morgan fingerprint density at radius 3 is 2.72 bits per heavy atom. The van der Waals surface area contributed by atoms with Crippen molar-refractivity contribution in [2.75, 3.05) is 57.4 Å². The Hall–Kier alpha value is -1.41. The number of morpholine rings is 1. The molecule has 0 aliphatic carbocycles. The molecular formula is C17H26ClN5O2. The number of carbonyl (C=O) groups is 1. The summed E-state index contributed by atoms with van der Waals surface area (Å²) in [5.41, 5.74) is 6.50. The van der Waals surface area contributed by atoms with Gasteiger partial charge < -0.3 is 20.7 Å². The molecule has 0 radical (unpaired) electrons. The number of hydrogen-bond acceptors (Lipinski definition) is 6. The van der Waals surface area contributed by atoms with Crippen molar-refractivity contribution in [1.82, 2.24) is 15.2 Å². The van der Waals surface area contributed by atoms with Crippen molar-refractivity contribution in [2.45, 2.75) is 18.9 Å². The van der Waals surface area contributed by atoms with Crippen molar-refractivity contribution < 1.29 is 9.53 Å². The molecule has 2 aliphatic rings. The monoisotopic (exact) mass is 367 g/mol. The maximum atomic E-state index is 12.4. The van der Waals surface area contributed by atoms with Crippen LogP contribution in [0.3, 0.4) is 0 Å². The second-order valence-corrected chi connectivity index (χ2v) is 6.96. The van der Waals surface area contributed by atoms with Crippen molar-refractivity contribution >= 4 is 23.3 Å². The second kappa shape index (κ2) is 8.80. The molecule has 7 nitrogen and oxygen atoms in total. The lowest BCUT2D eigenvalue weighted by atomic mass is 10.1. The van der Waals surface area contributed by atoms with E-state index in [4.69, 9.17) is 22.1 Å². The number of nitrogens with two attached hydrogens (primary N) is 1. The normalized spacial score (nSPS) is 19.8. The molecule has 0 bridgehead atoms. The number of nitrogens with one attached hydrogen (secondary N) is 1. The molecule has 1 aromatic heterocycles. The van der Waals surface area contributed by atoms with Crippen LogP contribution in [-0.4, -0.2) is 74.3 Å². The van der Waals surface area contributed by atoms with E-state index in [0.717, 1.165) is 64.6 Å². The van der Waals surface area contributed by atoms with Crippen LogP contribution < -0.4 is 16.0 Å². The topological polar surface area (TPSA) is 83.7 Å². The van der Waals surface area contributed by atoms with Gasteiger partial charge in [0.2, 0.25) is 0 Å². The van der Waals surface area contributed by atoms with Gasteiger partial charge in [-0.25, -0.2) is 4.98 Å². The van der Waals surface area contributed by atoms with Crippen LogP contribution in [0.2, 0.25) is 5.15 Å². The van der Waals surface area contributed by atoms with Crippen molar-refractivity contribution in [3.05, 3.63) is 22.8 Å².